The topological polar surface area (TPSA) is 122 Å². The quantitative estimate of drug-likeness (QED) is 0.639. The van der Waals surface area contributed by atoms with Gasteiger partial charge in [-0.05, 0) is 43.5 Å². The number of hydrogen-bond acceptors (Lipinski definition) is 8. The molecule has 28 heavy (non-hydrogen) atoms. The first kappa shape index (κ1) is 19.3. The molecule has 0 bridgehead atoms. The summed E-state index contributed by atoms with van der Waals surface area (Å²) in [6, 6.07) is 6.77. The van der Waals surface area contributed by atoms with Gasteiger partial charge >= 0.3 is 11.9 Å². The molecule has 0 saturated heterocycles. The molecule has 2 N–H and O–H groups in total. The van der Waals surface area contributed by atoms with Crippen molar-refractivity contribution >= 4 is 23.7 Å². The first-order chi connectivity index (χ1) is 13.4. The van der Waals surface area contributed by atoms with E-state index in [4.69, 9.17) is 10.5 Å². The van der Waals surface area contributed by atoms with Gasteiger partial charge in [-0.25, -0.2) is 9.78 Å². The summed E-state index contributed by atoms with van der Waals surface area (Å²) in [4.78, 5) is 32.2. The van der Waals surface area contributed by atoms with Crippen molar-refractivity contribution in [3.63, 3.8) is 0 Å². The Bertz CT molecular complexity index is 1040. The smallest absolute Gasteiger partial charge is 0.337 e. The summed E-state index contributed by atoms with van der Waals surface area (Å²) in [6.07, 6.45) is 0.650. The molecule has 3 aromatic rings. The summed E-state index contributed by atoms with van der Waals surface area (Å²) in [7, 11) is 1.32. The van der Waals surface area contributed by atoms with Gasteiger partial charge < -0.3 is 15.2 Å². The van der Waals surface area contributed by atoms with Gasteiger partial charge in [0.15, 0.2) is 0 Å². The van der Waals surface area contributed by atoms with Crippen LogP contribution in [-0.4, -0.2) is 38.6 Å². The Labute approximate surface area is 161 Å². The third-order valence-electron chi connectivity index (χ3n) is 4.39. The first-order valence-corrected chi connectivity index (χ1v) is 8.70. The van der Waals surface area contributed by atoms with Crippen LogP contribution in [0.2, 0.25) is 0 Å². The van der Waals surface area contributed by atoms with Crippen molar-refractivity contribution in [2.24, 2.45) is 0 Å². The molecule has 0 unspecified atom stereocenters. The number of fused-ring (bicyclic) bond motifs is 1. The second kappa shape index (κ2) is 8.03. The van der Waals surface area contributed by atoms with Crippen LogP contribution in [0.1, 0.15) is 39.3 Å². The molecular weight excluding hydrogens is 362 g/mol. The Morgan fingerprint density at radius 2 is 2.00 bits per heavy atom. The van der Waals surface area contributed by atoms with E-state index in [2.05, 4.69) is 19.8 Å². The van der Waals surface area contributed by atoms with Gasteiger partial charge in [-0.15, -0.1) is 5.10 Å². The zero-order chi connectivity index (χ0) is 20.3. The number of nitrogens with two attached hydrogens (primary N) is 1. The maximum atomic E-state index is 12.2. The number of ether oxygens (including phenoxy) is 2. The molecule has 9 nitrogen and oxygen atoms in total. The molecule has 9 heteroatoms. The first-order valence-electron chi connectivity index (χ1n) is 8.70. The fraction of sp³-hybridized carbons (Fsp3) is 0.316. The number of carbonyl (C=O) groups is 2. The SMILES string of the molecule is COC(=O)c1cccc(COC(=O)CCc2c(C)nc3nc(N)nn3c2C)c1. The predicted molar refractivity (Wildman–Crippen MR) is 101 cm³/mol. The highest BCUT2D eigenvalue weighted by Crippen LogP contribution is 2.16. The number of rotatable bonds is 6. The molecule has 3 rings (SSSR count). The Morgan fingerprint density at radius 1 is 1.21 bits per heavy atom. The van der Waals surface area contributed by atoms with E-state index in [0.717, 1.165) is 17.0 Å². The van der Waals surface area contributed by atoms with Crippen LogP contribution in [0.3, 0.4) is 0 Å². The number of nitrogen functional groups attached to an aromatic ring is 1. The zero-order valence-electron chi connectivity index (χ0n) is 15.9. The van der Waals surface area contributed by atoms with E-state index in [0.29, 0.717) is 23.3 Å². The number of esters is 2. The summed E-state index contributed by atoms with van der Waals surface area (Å²) in [5.41, 5.74) is 9.27. The van der Waals surface area contributed by atoms with Gasteiger partial charge in [0.2, 0.25) is 5.95 Å². The zero-order valence-corrected chi connectivity index (χ0v) is 15.9. The monoisotopic (exact) mass is 383 g/mol. The summed E-state index contributed by atoms with van der Waals surface area (Å²) >= 11 is 0. The van der Waals surface area contributed by atoms with Crippen molar-refractivity contribution in [2.45, 2.75) is 33.3 Å². The average Bonchev–Trinajstić information content (AvgIpc) is 3.06. The molecule has 0 spiro atoms. The molecule has 0 saturated carbocycles. The van der Waals surface area contributed by atoms with Crippen molar-refractivity contribution in [1.29, 1.82) is 0 Å². The Morgan fingerprint density at radius 3 is 2.75 bits per heavy atom. The van der Waals surface area contributed by atoms with E-state index in [1.54, 1.807) is 28.8 Å². The summed E-state index contributed by atoms with van der Waals surface area (Å²) in [5, 5.41) is 4.11. The second-order valence-corrected chi connectivity index (χ2v) is 6.30. The summed E-state index contributed by atoms with van der Waals surface area (Å²) in [6.45, 7) is 3.82. The summed E-state index contributed by atoms with van der Waals surface area (Å²) < 4.78 is 11.6. The van der Waals surface area contributed by atoms with Gasteiger partial charge in [-0.3, -0.25) is 4.79 Å². The standard InChI is InChI=1S/C19H21N5O4/c1-11-15(12(2)24-19(21-11)22-18(20)23-24)7-8-16(25)28-10-13-5-4-6-14(9-13)17(26)27-3/h4-6,9H,7-8,10H2,1-3H3,(H2,20,23). The van der Waals surface area contributed by atoms with Crippen LogP contribution in [0.5, 0.6) is 0 Å². The maximum Gasteiger partial charge on any atom is 0.337 e. The van der Waals surface area contributed by atoms with Gasteiger partial charge in [0.05, 0.1) is 12.7 Å². The normalized spacial score (nSPS) is 10.8. The van der Waals surface area contributed by atoms with Gasteiger partial charge in [0.25, 0.3) is 5.78 Å². The molecule has 1 aromatic carbocycles. The molecule has 0 atom stereocenters. The molecular formula is C19H21N5O4. The highest BCUT2D eigenvalue weighted by molar-refractivity contribution is 5.89. The molecule has 2 heterocycles. The lowest BCUT2D eigenvalue weighted by Crippen LogP contribution is -2.10. The minimum absolute atomic E-state index is 0.0819. The lowest BCUT2D eigenvalue weighted by atomic mass is 10.1. The molecule has 0 amide bonds. The van der Waals surface area contributed by atoms with Crippen molar-refractivity contribution in [3.05, 3.63) is 52.3 Å². The Balaban J connectivity index is 1.62. The van der Waals surface area contributed by atoms with Crippen LogP contribution in [-0.2, 0) is 27.3 Å². The molecule has 2 aromatic heterocycles. The number of methoxy groups -OCH3 is 1. The number of nitrogens with zero attached hydrogens (tertiary/aromatic N) is 4. The Kier molecular flexibility index (Phi) is 5.53. The average molecular weight is 383 g/mol. The fourth-order valence-corrected chi connectivity index (χ4v) is 2.95. The molecule has 0 fully saturated rings. The van der Waals surface area contributed by atoms with Crippen LogP contribution in [0, 0.1) is 13.8 Å². The highest BCUT2D eigenvalue weighted by Gasteiger charge is 2.14. The van der Waals surface area contributed by atoms with Crippen LogP contribution in [0.25, 0.3) is 5.78 Å². The fourth-order valence-electron chi connectivity index (χ4n) is 2.95. The highest BCUT2D eigenvalue weighted by atomic mass is 16.5. The van der Waals surface area contributed by atoms with Crippen molar-refractivity contribution < 1.29 is 19.1 Å². The van der Waals surface area contributed by atoms with Crippen LogP contribution < -0.4 is 5.73 Å². The van der Waals surface area contributed by atoms with Crippen LogP contribution in [0.4, 0.5) is 5.95 Å². The van der Waals surface area contributed by atoms with Gasteiger partial charge in [-0.1, -0.05) is 12.1 Å². The van der Waals surface area contributed by atoms with Crippen molar-refractivity contribution in [2.75, 3.05) is 12.8 Å². The van der Waals surface area contributed by atoms with E-state index < -0.39 is 5.97 Å². The lowest BCUT2D eigenvalue weighted by Gasteiger charge is -2.10. The number of benzene rings is 1. The molecule has 0 aliphatic heterocycles. The van der Waals surface area contributed by atoms with Gasteiger partial charge in [0, 0.05) is 17.8 Å². The van der Waals surface area contributed by atoms with E-state index in [9.17, 15) is 9.59 Å². The van der Waals surface area contributed by atoms with Crippen LogP contribution >= 0.6 is 0 Å². The third-order valence-corrected chi connectivity index (χ3v) is 4.39. The lowest BCUT2D eigenvalue weighted by molar-refractivity contribution is -0.144. The third kappa shape index (κ3) is 4.08. The number of aromatic nitrogens is 4. The number of hydrogen-bond donors (Lipinski definition) is 1. The summed E-state index contributed by atoms with van der Waals surface area (Å²) in [5.74, 6) is -0.193. The van der Waals surface area contributed by atoms with E-state index in [-0.39, 0.29) is 24.9 Å². The van der Waals surface area contributed by atoms with E-state index in [1.165, 1.54) is 7.11 Å². The van der Waals surface area contributed by atoms with Crippen molar-refractivity contribution in [1.82, 2.24) is 19.6 Å². The Hall–Kier alpha value is -3.49. The number of carbonyl (C=O) groups excluding carboxylic acids is 2. The van der Waals surface area contributed by atoms with E-state index >= 15 is 0 Å². The number of aryl methyl sites for hydroxylation is 2. The number of anilines is 1. The minimum atomic E-state index is -0.434. The predicted octanol–water partition coefficient (Wildman–Crippen LogP) is 1.79. The molecule has 0 aliphatic rings. The molecule has 0 radical (unpaired) electrons. The molecule has 0 aliphatic carbocycles. The minimum Gasteiger partial charge on any atom is -0.465 e. The maximum absolute atomic E-state index is 12.2. The van der Waals surface area contributed by atoms with Crippen molar-refractivity contribution in [3.8, 4) is 0 Å². The second-order valence-electron chi connectivity index (χ2n) is 6.30. The van der Waals surface area contributed by atoms with E-state index in [1.807, 2.05) is 13.8 Å². The largest absolute Gasteiger partial charge is 0.465 e. The van der Waals surface area contributed by atoms with Gasteiger partial charge in [0.1, 0.15) is 6.61 Å². The van der Waals surface area contributed by atoms with Crippen LogP contribution in [0.15, 0.2) is 24.3 Å². The molecule has 146 valence electrons. The van der Waals surface area contributed by atoms with Gasteiger partial charge in [-0.2, -0.15) is 9.50 Å².